The Labute approximate surface area is 214 Å². The van der Waals surface area contributed by atoms with E-state index in [2.05, 4.69) is 11.1 Å². The molecule has 2 aliphatic rings. The van der Waals surface area contributed by atoms with Gasteiger partial charge in [-0.05, 0) is 36.2 Å². The zero-order valence-corrected chi connectivity index (χ0v) is 20.9. The number of benzene rings is 3. The number of fused-ring (bicyclic) bond motifs is 5. The lowest BCUT2D eigenvalue weighted by Gasteiger charge is -2.51. The summed E-state index contributed by atoms with van der Waals surface area (Å²) in [5, 5.41) is 1.69. The van der Waals surface area contributed by atoms with E-state index < -0.39 is 5.54 Å². The highest BCUT2D eigenvalue weighted by molar-refractivity contribution is 6.31. The van der Waals surface area contributed by atoms with Gasteiger partial charge in [0.2, 0.25) is 5.91 Å². The highest BCUT2D eigenvalue weighted by atomic mass is 35.5. The smallest absolute Gasteiger partial charge is 0.255 e. The molecular formula is C29H26ClN3O3. The van der Waals surface area contributed by atoms with E-state index in [-0.39, 0.29) is 24.3 Å². The third-order valence-corrected chi connectivity index (χ3v) is 8.00. The number of aromatic nitrogens is 1. The second-order valence-electron chi connectivity index (χ2n) is 9.58. The van der Waals surface area contributed by atoms with Gasteiger partial charge < -0.3 is 19.5 Å². The Morgan fingerprint density at radius 3 is 2.56 bits per heavy atom. The van der Waals surface area contributed by atoms with Crippen molar-refractivity contribution in [1.29, 1.82) is 0 Å². The summed E-state index contributed by atoms with van der Waals surface area (Å²) in [6, 6.07) is 23.4. The lowest BCUT2D eigenvalue weighted by atomic mass is 9.76. The fourth-order valence-corrected chi connectivity index (χ4v) is 6.15. The Hall–Kier alpha value is -3.77. The molecule has 6 nitrogen and oxygen atoms in total. The summed E-state index contributed by atoms with van der Waals surface area (Å²) in [4.78, 5) is 34.8. The molecule has 7 heteroatoms. The van der Waals surface area contributed by atoms with Crippen molar-refractivity contribution in [2.24, 2.45) is 0 Å². The standard InChI is InChI=1S/C29H26ClN3O3/c1-29-27-26(20-11-5-7-13-23(20)31-27)21(19-10-4-6-12-22(19)30)16-33(29)25(34)17-32(28(29)35)15-18-9-3-8-14-24(18)36-2/h3-14,21,31H,15-17H2,1-2H3/t21?,29-/m0/s1. The van der Waals surface area contributed by atoms with E-state index in [1.54, 1.807) is 16.9 Å². The van der Waals surface area contributed by atoms with Crippen molar-refractivity contribution in [3.63, 3.8) is 0 Å². The lowest BCUT2D eigenvalue weighted by molar-refractivity contribution is -0.166. The molecule has 1 aromatic heterocycles. The molecule has 1 unspecified atom stereocenters. The number of rotatable bonds is 4. The number of carbonyl (C=O) groups is 2. The van der Waals surface area contributed by atoms with Crippen LogP contribution in [-0.2, 0) is 21.7 Å². The fourth-order valence-electron chi connectivity index (χ4n) is 5.88. The summed E-state index contributed by atoms with van der Waals surface area (Å²) in [6.45, 7) is 2.54. The Bertz CT molecular complexity index is 1510. The van der Waals surface area contributed by atoms with Crippen molar-refractivity contribution in [3.05, 3.63) is 100 Å². The quantitative estimate of drug-likeness (QED) is 0.427. The van der Waals surface area contributed by atoms with E-state index in [0.29, 0.717) is 23.9 Å². The minimum absolute atomic E-state index is 0.0112. The van der Waals surface area contributed by atoms with Gasteiger partial charge >= 0.3 is 0 Å². The number of para-hydroxylation sites is 2. The van der Waals surface area contributed by atoms with Crippen LogP contribution in [0.4, 0.5) is 0 Å². The molecule has 0 aliphatic carbocycles. The van der Waals surface area contributed by atoms with Crippen molar-refractivity contribution >= 4 is 34.3 Å². The molecule has 0 saturated carbocycles. The summed E-state index contributed by atoms with van der Waals surface area (Å²) in [5.41, 5.74) is 3.36. The van der Waals surface area contributed by atoms with Gasteiger partial charge in [-0.2, -0.15) is 0 Å². The maximum absolute atomic E-state index is 14.2. The number of aromatic amines is 1. The first-order chi connectivity index (χ1) is 17.4. The molecule has 2 amide bonds. The van der Waals surface area contributed by atoms with Gasteiger partial charge in [0.15, 0.2) is 5.54 Å². The Kier molecular flexibility index (Phi) is 5.30. The van der Waals surface area contributed by atoms with Crippen molar-refractivity contribution < 1.29 is 14.3 Å². The first-order valence-corrected chi connectivity index (χ1v) is 12.4. The molecule has 0 bridgehead atoms. The van der Waals surface area contributed by atoms with Crippen LogP contribution in [0.25, 0.3) is 10.9 Å². The van der Waals surface area contributed by atoms with Crippen molar-refractivity contribution in [2.45, 2.75) is 24.9 Å². The number of methoxy groups -OCH3 is 1. The van der Waals surface area contributed by atoms with Crippen LogP contribution in [0.15, 0.2) is 72.8 Å². The van der Waals surface area contributed by atoms with E-state index in [9.17, 15) is 9.59 Å². The average molecular weight is 500 g/mol. The van der Waals surface area contributed by atoms with Crippen LogP contribution in [0.3, 0.4) is 0 Å². The molecule has 3 aromatic carbocycles. The lowest BCUT2D eigenvalue weighted by Crippen LogP contribution is -2.67. The van der Waals surface area contributed by atoms with Crippen LogP contribution in [0, 0.1) is 0 Å². The van der Waals surface area contributed by atoms with E-state index in [0.717, 1.165) is 33.3 Å². The van der Waals surface area contributed by atoms with Gasteiger partial charge in [0.1, 0.15) is 12.3 Å². The molecule has 0 spiro atoms. The summed E-state index contributed by atoms with van der Waals surface area (Å²) in [5.74, 6) is 0.335. The Morgan fingerprint density at radius 2 is 1.75 bits per heavy atom. The van der Waals surface area contributed by atoms with E-state index in [4.69, 9.17) is 16.3 Å². The highest BCUT2D eigenvalue weighted by Crippen LogP contribution is 2.49. The molecule has 3 heterocycles. The third kappa shape index (κ3) is 3.24. The normalized spacial score (nSPS) is 21.5. The van der Waals surface area contributed by atoms with Gasteiger partial charge in [0.25, 0.3) is 5.91 Å². The fraction of sp³-hybridized carbons (Fsp3) is 0.241. The SMILES string of the molecule is COc1ccccc1CN1CC(=O)N2CC(c3ccccc3Cl)c3c([nH]c4ccccc34)[C@@]2(C)C1=O. The van der Waals surface area contributed by atoms with Crippen molar-refractivity contribution in [3.8, 4) is 5.75 Å². The molecule has 1 N–H and O–H groups in total. The van der Waals surface area contributed by atoms with Gasteiger partial charge in [-0.25, -0.2) is 0 Å². The molecule has 6 rings (SSSR count). The molecule has 1 fully saturated rings. The molecule has 182 valence electrons. The number of halogens is 1. The molecule has 36 heavy (non-hydrogen) atoms. The predicted octanol–water partition coefficient (Wildman–Crippen LogP) is 5.06. The minimum Gasteiger partial charge on any atom is -0.496 e. The highest BCUT2D eigenvalue weighted by Gasteiger charge is 2.56. The number of hydrogen-bond acceptors (Lipinski definition) is 3. The molecule has 2 aliphatic heterocycles. The maximum Gasteiger partial charge on any atom is 0.255 e. The van der Waals surface area contributed by atoms with Crippen LogP contribution in [0.5, 0.6) is 5.75 Å². The summed E-state index contributed by atoms with van der Waals surface area (Å²) in [7, 11) is 1.61. The summed E-state index contributed by atoms with van der Waals surface area (Å²) in [6.07, 6.45) is 0. The molecule has 0 radical (unpaired) electrons. The summed E-state index contributed by atoms with van der Waals surface area (Å²) < 4.78 is 5.50. The predicted molar refractivity (Wildman–Crippen MR) is 139 cm³/mol. The first kappa shape index (κ1) is 22.7. The number of amides is 2. The molecule has 2 atom stereocenters. The molecule has 1 saturated heterocycles. The topological polar surface area (TPSA) is 65.6 Å². The van der Waals surface area contributed by atoms with Crippen LogP contribution in [0.1, 0.15) is 35.2 Å². The van der Waals surface area contributed by atoms with E-state index >= 15 is 0 Å². The number of H-pyrrole nitrogens is 1. The zero-order chi connectivity index (χ0) is 25.0. The van der Waals surface area contributed by atoms with Crippen molar-refractivity contribution in [2.75, 3.05) is 20.2 Å². The average Bonchev–Trinajstić information content (AvgIpc) is 3.29. The van der Waals surface area contributed by atoms with Crippen LogP contribution in [-0.4, -0.2) is 46.8 Å². The number of carbonyl (C=O) groups excluding carboxylic acids is 2. The summed E-state index contributed by atoms with van der Waals surface area (Å²) >= 11 is 6.66. The molecule has 4 aromatic rings. The van der Waals surface area contributed by atoms with E-state index in [1.807, 2.05) is 73.7 Å². The minimum atomic E-state index is -1.16. The van der Waals surface area contributed by atoms with Crippen LogP contribution >= 0.6 is 11.6 Å². The van der Waals surface area contributed by atoms with Gasteiger partial charge in [0.05, 0.1) is 12.8 Å². The number of nitrogens with zero attached hydrogens (tertiary/aromatic N) is 2. The maximum atomic E-state index is 14.2. The van der Waals surface area contributed by atoms with Crippen LogP contribution < -0.4 is 4.74 Å². The van der Waals surface area contributed by atoms with Crippen LogP contribution in [0.2, 0.25) is 5.02 Å². The second kappa shape index (κ2) is 8.42. The monoisotopic (exact) mass is 499 g/mol. The van der Waals surface area contributed by atoms with Gasteiger partial charge in [-0.15, -0.1) is 0 Å². The van der Waals surface area contributed by atoms with Crippen molar-refractivity contribution in [1.82, 2.24) is 14.8 Å². The van der Waals surface area contributed by atoms with Gasteiger partial charge in [0, 0.05) is 40.5 Å². The number of piperazine rings is 1. The Balaban J connectivity index is 1.51. The molecular weight excluding hydrogens is 474 g/mol. The van der Waals surface area contributed by atoms with Gasteiger partial charge in [-0.3, -0.25) is 9.59 Å². The van der Waals surface area contributed by atoms with E-state index in [1.165, 1.54) is 0 Å². The third-order valence-electron chi connectivity index (χ3n) is 7.65. The second-order valence-corrected chi connectivity index (χ2v) is 9.99. The van der Waals surface area contributed by atoms with Gasteiger partial charge in [-0.1, -0.05) is 66.2 Å². The number of hydrogen-bond donors (Lipinski definition) is 1. The number of nitrogens with one attached hydrogen (secondary N) is 1. The largest absolute Gasteiger partial charge is 0.496 e. The zero-order valence-electron chi connectivity index (χ0n) is 20.1. The Morgan fingerprint density at radius 1 is 1.03 bits per heavy atom. The number of ether oxygens (including phenoxy) is 1. The first-order valence-electron chi connectivity index (χ1n) is 12.0.